The zero-order valence-electron chi connectivity index (χ0n) is 74.2. The quantitative estimate of drug-likeness (QED) is 0.0334. The Kier molecular flexibility index (Phi) is 40.2. The molecule has 0 spiro atoms. The van der Waals surface area contributed by atoms with Crippen LogP contribution in [-0.2, 0) is 113 Å². The number of H-pyrrole nitrogens is 1. The van der Waals surface area contributed by atoms with Gasteiger partial charge in [-0.05, 0) is 191 Å². The number of alkyl carbamates (subject to hydrolysis) is 1. The summed E-state index contributed by atoms with van der Waals surface area (Å²) in [5.41, 5.74) is -7.93. The van der Waals surface area contributed by atoms with Crippen molar-refractivity contribution >= 4 is 89.0 Å². The van der Waals surface area contributed by atoms with E-state index in [1.54, 1.807) is 176 Å². The summed E-state index contributed by atoms with van der Waals surface area (Å²) in [5, 5.41) is 49.6. The van der Waals surface area contributed by atoms with Gasteiger partial charge in [0.15, 0.2) is 0 Å². The first-order chi connectivity index (χ1) is 54.3. The lowest BCUT2D eigenvalue weighted by Gasteiger charge is -2.34. The number of hydrogen-bond donors (Lipinski definition) is 15. The number of nitrogens with one attached hydrogen (secondary N) is 13. The number of esters is 2. The standard InChI is InChI=1S/C81H134N14O24/c1-44(2)59(68(106)88-55(42-114-75(8,9)10)66(104)87-53(40-96)71(109)110)93-64(102)52(37-58(99)118-79(20,21)22)85-65(103)54(41-113-74(5,6)7)89-70(108)61(46(4)116-77(14,15)16)94-63(101)50(35-47-31-29-28-30-32-47)86-69(107)60(45(3)115-76(11,12)13)92-56(97)39-83-62(100)49(33-34-57(98)117-78(17,18)19)90-72(111)81(26,27)95-67(105)51(36-48-38-82-43-84-48)91-73(112)119-80(23,24)25/h28-32,38,43-46,49-55,59-61,96H,33-37,39-42H2,1-27H3,(H,82,84)(H,83,100)(H,85,103)(H,86,107)(H,87,104)(H,88,106)(H,89,108)(H,90,111)(H,91,112)(H,92,97)(H,93,102)(H,94,101)(H,95,105)(H,109,110)/t45-,46-,49+,50+,51+,52+,53+,54+,55+,59+,60+,61+/m1/s1. The number of aliphatic carboxylic acids is 1. The van der Waals surface area contributed by atoms with E-state index < -0.39 is 258 Å². The van der Waals surface area contributed by atoms with Crippen LogP contribution in [0.5, 0.6) is 0 Å². The van der Waals surface area contributed by atoms with Crippen LogP contribution in [0.15, 0.2) is 42.9 Å². The number of nitrogens with zero attached hydrogens (tertiary/aromatic N) is 1. The molecule has 119 heavy (non-hydrogen) atoms. The maximum atomic E-state index is 15.3. The van der Waals surface area contributed by atoms with Gasteiger partial charge in [0, 0.05) is 31.2 Å². The van der Waals surface area contributed by atoms with Crippen LogP contribution in [0.1, 0.15) is 217 Å². The fourth-order valence-corrected chi connectivity index (χ4v) is 11.0. The molecule has 0 radical (unpaired) electrons. The molecule has 12 atom stereocenters. The highest BCUT2D eigenvalue weighted by atomic mass is 16.6. The third-order valence-corrected chi connectivity index (χ3v) is 16.3. The van der Waals surface area contributed by atoms with Gasteiger partial charge in [-0.25, -0.2) is 14.6 Å². The fraction of sp³-hybridized carbons (Fsp3) is 0.704. The van der Waals surface area contributed by atoms with E-state index in [2.05, 4.69) is 73.8 Å². The monoisotopic (exact) mass is 1690 g/mol. The van der Waals surface area contributed by atoms with Gasteiger partial charge in [0.25, 0.3) is 0 Å². The molecule has 2 rings (SSSR count). The molecule has 1 heterocycles. The van der Waals surface area contributed by atoms with Crippen LogP contribution in [0, 0.1) is 5.92 Å². The van der Waals surface area contributed by atoms with Crippen molar-refractivity contribution in [2.45, 2.75) is 336 Å². The van der Waals surface area contributed by atoms with Gasteiger partial charge >= 0.3 is 24.0 Å². The third kappa shape index (κ3) is 42.5. The molecule has 12 amide bonds. The second-order valence-electron chi connectivity index (χ2n) is 36.7. The number of amides is 12. The minimum absolute atomic E-state index is 0.123. The normalized spacial score (nSPS) is 15.4. The van der Waals surface area contributed by atoms with Crippen LogP contribution in [0.4, 0.5) is 4.79 Å². The molecular formula is C81H134N14O24. The number of hydrogen-bond acceptors (Lipinski definition) is 24. The molecule has 0 fully saturated rings. The minimum Gasteiger partial charge on any atom is -0.480 e. The van der Waals surface area contributed by atoms with Gasteiger partial charge in [-0.3, -0.25) is 62.3 Å². The summed E-state index contributed by atoms with van der Waals surface area (Å²) >= 11 is 0. The van der Waals surface area contributed by atoms with Gasteiger partial charge in [-0.1, -0.05) is 44.2 Å². The van der Waals surface area contributed by atoms with Crippen LogP contribution in [0.25, 0.3) is 0 Å². The van der Waals surface area contributed by atoms with Gasteiger partial charge in [-0.15, -0.1) is 0 Å². The molecule has 2 aromatic rings. The first kappa shape index (κ1) is 105. The van der Waals surface area contributed by atoms with E-state index in [0.29, 0.717) is 11.3 Å². The first-order valence-corrected chi connectivity index (χ1v) is 39.5. The van der Waals surface area contributed by atoms with Crippen molar-refractivity contribution in [3.8, 4) is 0 Å². The number of carboxylic acids is 1. The molecule has 15 N–H and O–H groups in total. The van der Waals surface area contributed by atoms with Gasteiger partial charge in [0.2, 0.25) is 65.0 Å². The van der Waals surface area contributed by atoms with Crippen LogP contribution in [0.2, 0.25) is 0 Å². The highest BCUT2D eigenvalue weighted by Crippen LogP contribution is 2.21. The number of aliphatic hydroxyl groups is 1. The molecule has 1 aromatic heterocycles. The van der Waals surface area contributed by atoms with Crippen molar-refractivity contribution < 1.29 is 115 Å². The number of rotatable bonds is 43. The predicted octanol–water partition coefficient (Wildman–Crippen LogP) is 2.09. The zero-order chi connectivity index (χ0) is 91.5. The molecule has 672 valence electrons. The molecule has 0 saturated carbocycles. The first-order valence-electron chi connectivity index (χ1n) is 39.5. The van der Waals surface area contributed by atoms with E-state index in [9.17, 15) is 67.7 Å². The number of carbonyl (C=O) groups is 15. The summed E-state index contributed by atoms with van der Waals surface area (Å²) in [6, 6.07) is -8.31. The lowest BCUT2D eigenvalue weighted by Crippen LogP contribution is -2.64. The molecule has 0 aliphatic carbocycles. The van der Waals surface area contributed by atoms with Gasteiger partial charge in [0.1, 0.15) is 82.8 Å². The highest BCUT2D eigenvalue weighted by molar-refractivity contribution is 6.00. The summed E-state index contributed by atoms with van der Waals surface area (Å²) < 4.78 is 40.8. The molecule has 0 aliphatic heterocycles. The van der Waals surface area contributed by atoms with E-state index in [1.165, 1.54) is 54.1 Å². The molecule has 0 bridgehead atoms. The van der Waals surface area contributed by atoms with E-state index in [0.717, 1.165) is 0 Å². The SMILES string of the molecule is CC(C)[C@H](NC(=O)[C@H](CC(=O)OC(C)(C)C)NC(=O)[C@H](COC(C)(C)C)NC(=O)[C@@H](NC(=O)[C@H](Cc1ccccc1)NC(=O)[C@@H](NC(=O)CNC(=O)[C@H](CCC(=O)OC(C)(C)C)NC(=O)C(C)(C)NC(=O)[C@H](Cc1cnc[nH]1)NC(=O)OC(C)(C)C)[C@@H](C)OC(C)(C)C)[C@@H](C)OC(C)(C)C)C(=O)N[C@@H](COC(C)(C)C)C(=O)N[C@@H](CO)C(=O)O. The Morgan fingerprint density at radius 1 is 0.429 bits per heavy atom. The largest absolute Gasteiger partial charge is 0.480 e. The van der Waals surface area contributed by atoms with E-state index in [4.69, 9.17) is 33.2 Å². The molecule has 1 aromatic carbocycles. The van der Waals surface area contributed by atoms with Crippen molar-refractivity contribution in [2.24, 2.45) is 5.92 Å². The smallest absolute Gasteiger partial charge is 0.408 e. The number of aliphatic hydroxyl groups excluding tert-OH is 1. The third-order valence-electron chi connectivity index (χ3n) is 16.3. The lowest BCUT2D eigenvalue weighted by atomic mass is 10.0. The lowest BCUT2D eigenvalue weighted by molar-refractivity contribution is -0.157. The Morgan fingerprint density at radius 3 is 1.30 bits per heavy atom. The van der Waals surface area contributed by atoms with Crippen molar-refractivity contribution in [2.75, 3.05) is 26.4 Å². The zero-order valence-corrected chi connectivity index (χ0v) is 74.2. The van der Waals surface area contributed by atoms with Crippen LogP contribution < -0.4 is 63.8 Å². The topological polar surface area (TPSA) is 534 Å². The van der Waals surface area contributed by atoms with Crippen LogP contribution >= 0.6 is 0 Å². The average molecular weight is 1690 g/mol. The second-order valence-corrected chi connectivity index (χ2v) is 36.7. The number of aromatic nitrogens is 2. The number of carboxylic acid groups (broad SMARTS) is 1. The van der Waals surface area contributed by atoms with E-state index in [-0.39, 0.29) is 12.8 Å². The Morgan fingerprint density at radius 2 is 0.857 bits per heavy atom. The number of imidazole rings is 1. The average Bonchev–Trinajstić information content (AvgIpc) is 1.38. The summed E-state index contributed by atoms with van der Waals surface area (Å²) in [5.74, 6) is -15.5. The van der Waals surface area contributed by atoms with Crippen molar-refractivity contribution in [3.05, 3.63) is 54.1 Å². The Labute approximate surface area is 698 Å². The number of ether oxygens (including phenoxy) is 7. The minimum atomic E-state index is -1.90. The summed E-state index contributed by atoms with van der Waals surface area (Å²) in [4.78, 5) is 218. The van der Waals surface area contributed by atoms with E-state index >= 15 is 14.4 Å². The van der Waals surface area contributed by atoms with Gasteiger partial charge in [0.05, 0.1) is 73.7 Å². The molecule has 0 unspecified atom stereocenters. The maximum Gasteiger partial charge on any atom is 0.408 e. The summed E-state index contributed by atoms with van der Waals surface area (Å²) in [7, 11) is 0. The fourth-order valence-electron chi connectivity index (χ4n) is 11.0. The summed E-state index contributed by atoms with van der Waals surface area (Å²) in [6.45, 7) is 39.8. The van der Waals surface area contributed by atoms with Gasteiger partial charge in [-0.2, -0.15) is 0 Å². The molecule has 0 aliphatic rings. The Hall–Kier alpha value is -9.92. The highest BCUT2D eigenvalue weighted by Gasteiger charge is 2.43. The van der Waals surface area contributed by atoms with Crippen molar-refractivity contribution in [1.82, 2.24) is 73.8 Å². The van der Waals surface area contributed by atoms with Crippen molar-refractivity contribution in [3.63, 3.8) is 0 Å². The van der Waals surface area contributed by atoms with Crippen LogP contribution in [-0.4, -0.2) is 253 Å². The molecular weight excluding hydrogens is 1550 g/mol. The number of aromatic amines is 1. The molecule has 0 saturated heterocycles. The van der Waals surface area contributed by atoms with E-state index in [1.807, 2.05) is 0 Å². The van der Waals surface area contributed by atoms with Crippen LogP contribution in [0.3, 0.4) is 0 Å². The van der Waals surface area contributed by atoms with Gasteiger partial charge < -0.3 is 112 Å². The van der Waals surface area contributed by atoms with Crippen molar-refractivity contribution in [1.29, 1.82) is 0 Å². The second kappa shape index (κ2) is 45.5. The predicted molar refractivity (Wildman–Crippen MR) is 435 cm³/mol. The molecule has 38 heteroatoms. The number of carbonyl (C=O) groups excluding carboxylic acids is 14. The Bertz CT molecular complexity index is 3750. The summed E-state index contributed by atoms with van der Waals surface area (Å²) in [6.07, 6.45) is -2.77. The Balaban J connectivity index is 2.75. The maximum absolute atomic E-state index is 15.3. The molecule has 38 nitrogen and oxygen atoms in total. The number of benzene rings is 1.